The lowest BCUT2D eigenvalue weighted by Gasteiger charge is -2.22. The average Bonchev–Trinajstić information content (AvgIpc) is 3.30. The lowest BCUT2D eigenvalue weighted by Crippen LogP contribution is -2.23. The van der Waals surface area contributed by atoms with Gasteiger partial charge in [0, 0.05) is 31.8 Å². The summed E-state index contributed by atoms with van der Waals surface area (Å²) in [7, 11) is -5.21. The number of nitrogens with zero attached hydrogens (tertiary/aromatic N) is 1. The molecule has 0 amide bonds. The van der Waals surface area contributed by atoms with E-state index < -0.39 is 22.3 Å². The molecule has 1 atom stereocenters. The molecule has 2 aliphatic heterocycles. The third-order valence-corrected chi connectivity index (χ3v) is 9.08. The maximum atomic E-state index is 11.1. The van der Waals surface area contributed by atoms with Crippen molar-refractivity contribution in [1.82, 2.24) is 0 Å². The number of halogens is 1. The minimum atomic E-state index is -2.73. The fraction of sp³-hybridized carbons (Fsp3) is 0.300. The number of anilines is 1. The van der Waals surface area contributed by atoms with Gasteiger partial charge in [-0.1, -0.05) is 51.4 Å². The Morgan fingerprint density at radius 2 is 1.73 bits per heavy atom. The van der Waals surface area contributed by atoms with Crippen molar-refractivity contribution in [3.05, 3.63) is 93.7 Å². The van der Waals surface area contributed by atoms with Gasteiger partial charge in [0.15, 0.2) is 5.75 Å². The fourth-order valence-corrected chi connectivity index (χ4v) is 6.39. The van der Waals surface area contributed by atoms with Crippen molar-refractivity contribution in [2.24, 2.45) is 4.99 Å². The largest absolute Gasteiger partial charge is 0.747 e. The number of allylic oxidation sites excluding steroid dienone is 8. The van der Waals surface area contributed by atoms with Crippen molar-refractivity contribution in [3.8, 4) is 11.5 Å². The van der Waals surface area contributed by atoms with E-state index >= 15 is 0 Å². The second-order valence-corrected chi connectivity index (χ2v) is 13.0. The van der Waals surface area contributed by atoms with Crippen LogP contribution in [0.3, 0.4) is 0 Å². The number of hydrogen-bond donors (Lipinski definition) is 4. The minimum Gasteiger partial charge on any atom is -0.427 e. The monoisotopic (exact) mass is 613 g/mol. The Labute approximate surface area is 246 Å². The van der Waals surface area contributed by atoms with Crippen LogP contribution in [-0.2, 0) is 15.4 Å². The highest BCUT2D eigenvalue weighted by molar-refractivity contribution is 7.39. The van der Waals surface area contributed by atoms with Crippen molar-refractivity contribution in [3.63, 3.8) is 0 Å². The molecule has 5 rings (SSSR count). The molecule has 3 aliphatic rings. The maximum absolute atomic E-state index is 11.1. The minimum absolute atomic E-state index is 0.355. The van der Waals surface area contributed by atoms with Crippen molar-refractivity contribution in [2.75, 3.05) is 5.32 Å². The first-order valence-electron chi connectivity index (χ1n) is 13.2. The molecule has 1 aliphatic carbocycles. The summed E-state index contributed by atoms with van der Waals surface area (Å²) >= 11 is 6.92. The predicted molar refractivity (Wildman–Crippen MR) is 164 cm³/mol. The van der Waals surface area contributed by atoms with Crippen molar-refractivity contribution >= 4 is 45.5 Å². The van der Waals surface area contributed by atoms with E-state index in [1.54, 1.807) is 24.3 Å². The third-order valence-electron chi connectivity index (χ3n) is 7.85. The molecule has 2 aromatic rings. The van der Waals surface area contributed by atoms with Crippen LogP contribution in [0.4, 0.5) is 11.4 Å². The van der Waals surface area contributed by atoms with Gasteiger partial charge in [-0.2, -0.15) is 0 Å². The second-order valence-electron chi connectivity index (χ2n) is 11.2. The smallest absolute Gasteiger partial charge is 0.427 e. The van der Waals surface area contributed by atoms with E-state index in [1.165, 1.54) is 0 Å². The molecule has 0 fully saturated rings. The zero-order valence-corrected chi connectivity index (χ0v) is 25.7. The van der Waals surface area contributed by atoms with E-state index in [-0.39, 0.29) is 5.41 Å². The number of nitrogens with one attached hydrogen (secondary N) is 1. The van der Waals surface area contributed by atoms with Crippen molar-refractivity contribution in [1.29, 1.82) is 0 Å². The molecule has 0 saturated heterocycles. The van der Waals surface area contributed by atoms with Gasteiger partial charge in [0.1, 0.15) is 5.75 Å². The summed E-state index contributed by atoms with van der Waals surface area (Å²) in [6, 6.07) is 10.6. The van der Waals surface area contributed by atoms with E-state index in [0.29, 0.717) is 11.5 Å². The number of hydrogen-bond acceptors (Lipinski definition) is 7. The highest BCUT2D eigenvalue weighted by Crippen LogP contribution is 2.46. The van der Waals surface area contributed by atoms with Crippen molar-refractivity contribution in [2.45, 2.75) is 57.8 Å². The SMILES string of the molecule is CC1(C)C(/C=C/C2=C(Cl)C(=C/C=C3/Nc4ccc(O[P+](=O)O)cc4C3(C)C)/CCC2)=Nc2ccc(OP(O)O)cc21. The van der Waals surface area contributed by atoms with E-state index in [1.807, 2.05) is 24.3 Å². The van der Waals surface area contributed by atoms with Crippen LogP contribution in [0.15, 0.2) is 87.6 Å². The normalized spacial score (nSPS) is 21.3. The molecule has 0 radical (unpaired) electrons. The molecule has 0 bridgehead atoms. The van der Waals surface area contributed by atoms with Crippen LogP contribution < -0.4 is 14.4 Å². The summed E-state index contributed by atoms with van der Waals surface area (Å²) in [5, 5.41) is 4.21. The van der Waals surface area contributed by atoms with Crippen LogP contribution in [-0.4, -0.2) is 20.4 Å². The van der Waals surface area contributed by atoms with E-state index in [4.69, 9.17) is 30.5 Å². The number of rotatable bonds is 7. The van der Waals surface area contributed by atoms with Gasteiger partial charge >= 0.3 is 16.9 Å². The van der Waals surface area contributed by atoms with Crippen molar-refractivity contribution < 1.29 is 28.3 Å². The van der Waals surface area contributed by atoms with Crippen LogP contribution in [0, 0.1) is 0 Å². The second kappa shape index (κ2) is 11.4. The highest BCUT2D eigenvalue weighted by atomic mass is 35.5. The van der Waals surface area contributed by atoms with Gasteiger partial charge in [-0.05, 0) is 90.1 Å². The topological polar surface area (TPSA) is 121 Å². The Morgan fingerprint density at radius 1 is 1.00 bits per heavy atom. The molecule has 2 aromatic carbocycles. The Morgan fingerprint density at radius 3 is 2.46 bits per heavy atom. The Kier molecular flexibility index (Phi) is 8.28. The molecule has 8 nitrogen and oxygen atoms in total. The zero-order chi connectivity index (χ0) is 29.5. The van der Waals surface area contributed by atoms with E-state index in [2.05, 4.69) is 45.2 Å². The average molecular weight is 614 g/mol. The van der Waals surface area contributed by atoms with Crippen LogP contribution in [0.2, 0.25) is 0 Å². The van der Waals surface area contributed by atoms with Crippen LogP contribution in [0.1, 0.15) is 58.1 Å². The van der Waals surface area contributed by atoms with E-state index in [0.717, 1.165) is 69.4 Å². The maximum Gasteiger partial charge on any atom is 0.747 e. The molecule has 2 heterocycles. The predicted octanol–water partition coefficient (Wildman–Crippen LogP) is 8.12. The van der Waals surface area contributed by atoms with Crippen LogP contribution in [0.5, 0.6) is 11.5 Å². The molecular weight excluding hydrogens is 582 g/mol. The van der Waals surface area contributed by atoms with Crippen LogP contribution in [0.25, 0.3) is 0 Å². The Bertz CT molecular complexity index is 1570. The van der Waals surface area contributed by atoms with Gasteiger partial charge in [0.25, 0.3) is 0 Å². The molecule has 1 unspecified atom stereocenters. The Hall–Kier alpha value is -2.83. The Balaban J connectivity index is 1.36. The van der Waals surface area contributed by atoms with Gasteiger partial charge in [0.05, 0.1) is 11.4 Å². The molecule has 0 aromatic heterocycles. The summed E-state index contributed by atoms with van der Waals surface area (Å²) in [6.45, 7) is 8.34. The quantitative estimate of drug-likeness (QED) is 0.233. The first kappa shape index (κ1) is 29.7. The van der Waals surface area contributed by atoms with Gasteiger partial charge in [0.2, 0.25) is 0 Å². The molecule has 4 N–H and O–H groups in total. The molecule has 214 valence electrons. The first-order chi connectivity index (χ1) is 19.4. The van der Waals surface area contributed by atoms with Gasteiger partial charge in [-0.3, -0.25) is 4.99 Å². The summed E-state index contributed by atoms with van der Waals surface area (Å²) in [4.78, 5) is 32.4. The summed E-state index contributed by atoms with van der Waals surface area (Å²) in [5.41, 5.74) is 6.94. The molecule has 11 heteroatoms. The zero-order valence-electron chi connectivity index (χ0n) is 23.2. The molecule has 0 spiro atoms. The number of benzene rings is 2. The first-order valence-corrected chi connectivity index (χ1v) is 15.9. The summed E-state index contributed by atoms with van der Waals surface area (Å²) < 4.78 is 21.2. The van der Waals surface area contributed by atoms with Gasteiger partial charge < -0.3 is 19.6 Å². The standard InChI is InChI=1S/C30H31ClN2O6P2/c1-29(2)22-16-20(38-40(34)35)10-12-24(22)32-26(29)14-8-18-6-5-7-19(28(18)31)9-15-27-30(3,4)23-17-21(39-41(36)37)11-13-25(23)33-27/h8-17,32,36-37H,5-7H2,1-4H3/p+1/b15-9+,18-8+,26-14+. The molecular formula is C30H32ClN2O6P2+. The molecule has 0 saturated carbocycles. The van der Waals surface area contributed by atoms with Gasteiger partial charge in [-0.25, -0.2) is 4.52 Å². The summed E-state index contributed by atoms with van der Waals surface area (Å²) in [5.74, 6) is 0.752. The highest BCUT2D eigenvalue weighted by Gasteiger charge is 2.36. The number of fused-ring (bicyclic) bond motifs is 2. The van der Waals surface area contributed by atoms with Crippen LogP contribution >= 0.6 is 28.5 Å². The number of aliphatic imine (C=N–C) groups is 1. The lowest BCUT2D eigenvalue weighted by molar-refractivity contribution is 0.374. The van der Waals surface area contributed by atoms with E-state index in [9.17, 15) is 14.4 Å². The molecule has 41 heavy (non-hydrogen) atoms. The van der Waals surface area contributed by atoms with Gasteiger partial charge in [-0.15, -0.1) is 4.89 Å². The summed E-state index contributed by atoms with van der Waals surface area (Å²) in [6.07, 6.45) is 10.9. The lowest BCUT2D eigenvalue weighted by atomic mass is 9.81. The fourth-order valence-electron chi connectivity index (χ4n) is 5.48. The third kappa shape index (κ3) is 6.05.